The van der Waals surface area contributed by atoms with Gasteiger partial charge < -0.3 is 15.0 Å². The molecule has 30 heavy (non-hydrogen) atoms. The Morgan fingerprint density at radius 3 is 2.30 bits per heavy atom. The Labute approximate surface area is 179 Å². The van der Waals surface area contributed by atoms with E-state index in [9.17, 15) is 9.59 Å². The molecule has 5 nitrogen and oxygen atoms in total. The summed E-state index contributed by atoms with van der Waals surface area (Å²) in [5.74, 6) is 0.316. The van der Waals surface area contributed by atoms with Crippen molar-refractivity contribution in [3.63, 3.8) is 0 Å². The molecule has 0 atom stereocenters. The Hall–Kier alpha value is -2.82. The molecule has 0 unspecified atom stereocenters. The topological polar surface area (TPSA) is 58.6 Å². The predicted molar refractivity (Wildman–Crippen MR) is 119 cm³/mol. The molecule has 2 amide bonds. The van der Waals surface area contributed by atoms with Crippen molar-refractivity contribution < 1.29 is 14.3 Å². The van der Waals surface area contributed by atoms with Gasteiger partial charge in [0.1, 0.15) is 5.60 Å². The molecule has 1 aliphatic rings. The molecule has 0 saturated carbocycles. The third-order valence-electron chi connectivity index (χ3n) is 5.27. The summed E-state index contributed by atoms with van der Waals surface area (Å²) in [5, 5.41) is 3.10. The summed E-state index contributed by atoms with van der Waals surface area (Å²) >= 11 is 0. The smallest absolute Gasteiger partial charge is 0.410 e. The molecule has 2 aromatic rings. The van der Waals surface area contributed by atoms with E-state index in [4.69, 9.17) is 4.74 Å². The van der Waals surface area contributed by atoms with Crippen molar-refractivity contribution >= 4 is 17.7 Å². The normalized spacial score (nSPS) is 15.0. The lowest BCUT2D eigenvalue weighted by molar-refractivity contribution is -0.117. The molecule has 1 saturated heterocycles. The van der Waals surface area contributed by atoms with Crippen LogP contribution in [0.3, 0.4) is 0 Å². The minimum atomic E-state index is -0.485. The Kier molecular flexibility index (Phi) is 7.14. The highest BCUT2D eigenvalue weighted by atomic mass is 16.6. The van der Waals surface area contributed by atoms with Gasteiger partial charge in [0, 0.05) is 25.2 Å². The molecule has 1 aliphatic heterocycles. The van der Waals surface area contributed by atoms with Crippen LogP contribution in [0.5, 0.6) is 0 Å². The van der Waals surface area contributed by atoms with Crippen LogP contribution in [0.4, 0.5) is 10.5 Å². The highest BCUT2D eigenvalue weighted by Crippen LogP contribution is 2.24. The summed E-state index contributed by atoms with van der Waals surface area (Å²) in [6.07, 6.45) is 2.63. The first-order valence-electron chi connectivity index (χ1n) is 10.7. The lowest BCUT2D eigenvalue weighted by atomic mass is 9.93. The molecule has 0 aliphatic carbocycles. The average Bonchev–Trinajstić information content (AvgIpc) is 2.69. The summed E-state index contributed by atoms with van der Waals surface area (Å²) in [7, 11) is 0. The van der Waals surface area contributed by atoms with Gasteiger partial charge in [-0.3, -0.25) is 4.79 Å². The molecule has 0 bridgehead atoms. The summed E-state index contributed by atoms with van der Waals surface area (Å²) in [4.78, 5) is 26.6. The number of hydrogen-bond donors (Lipinski definition) is 1. The molecule has 160 valence electrons. The van der Waals surface area contributed by atoms with E-state index in [1.54, 1.807) is 4.90 Å². The number of ether oxygens (including phenoxy) is 1. The van der Waals surface area contributed by atoms with E-state index < -0.39 is 5.60 Å². The number of nitrogens with zero attached hydrogens (tertiary/aromatic N) is 1. The summed E-state index contributed by atoms with van der Waals surface area (Å²) in [6.45, 7) is 6.89. The zero-order chi connectivity index (χ0) is 21.6. The van der Waals surface area contributed by atoms with Crippen LogP contribution in [0, 0.1) is 5.92 Å². The zero-order valence-corrected chi connectivity index (χ0v) is 18.2. The number of hydrogen-bond acceptors (Lipinski definition) is 3. The van der Waals surface area contributed by atoms with Gasteiger partial charge in [0.25, 0.3) is 0 Å². The second-order valence-electron chi connectivity index (χ2n) is 8.98. The first-order valence-corrected chi connectivity index (χ1v) is 10.7. The number of anilines is 1. The lowest BCUT2D eigenvalue weighted by Gasteiger charge is -2.33. The number of amides is 2. The molecule has 2 aromatic carbocycles. The van der Waals surface area contributed by atoms with Crippen molar-refractivity contribution in [2.24, 2.45) is 5.92 Å². The van der Waals surface area contributed by atoms with E-state index in [1.807, 2.05) is 57.2 Å². The number of para-hydroxylation sites is 1. The zero-order valence-electron chi connectivity index (χ0n) is 18.2. The van der Waals surface area contributed by atoms with E-state index >= 15 is 0 Å². The third kappa shape index (κ3) is 6.61. The molecule has 0 spiro atoms. The first-order chi connectivity index (χ1) is 14.3. The summed E-state index contributed by atoms with van der Waals surface area (Å²) in [6, 6.07) is 18.2. The van der Waals surface area contributed by atoms with Crippen molar-refractivity contribution in [2.45, 2.75) is 52.1 Å². The fourth-order valence-electron chi connectivity index (χ4n) is 3.72. The monoisotopic (exact) mass is 408 g/mol. The van der Waals surface area contributed by atoms with E-state index in [0.717, 1.165) is 30.5 Å². The van der Waals surface area contributed by atoms with Gasteiger partial charge in [0.2, 0.25) is 5.91 Å². The van der Waals surface area contributed by atoms with E-state index in [2.05, 4.69) is 23.5 Å². The van der Waals surface area contributed by atoms with Gasteiger partial charge in [0.15, 0.2) is 0 Å². The minimum absolute atomic E-state index is 0.0335. The van der Waals surface area contributed by atoms with Gasteiger partial charge in [-0.25, -0.2) is 4.79 Å². The quantitative estimate of drug-likeness (QED) is 0.735. The number of nitrogens with one attached hydrogen (secondary N) is 1. The highest BCUT2D eigenvalue weighted by Gasteiger charge is 2.27. The SMILES string of the molecule is CC(C)(C)OC(=O)N1CCC(CC(=O)Nc2ccccc2Cc2ccccc2)CC1. The molecule has 0 aromatic heterocycles. The number of likely N-dealkylation sites (tertiary alicyclic amines) is 1. The van der Waals surface area contributed by atoms with Crippen molar-refractivity contribution in [1.82, 2.24) is 4.90 Å². The maximum atomic E-state index is 12.7. The van der Waals surface area contributed by atoms with Crippen molar-refractivity contribution in [2.75, 3.05) is 18.4 Å². The maximum absolute atomic E-state index is 12.7. The van der Waals surface area contributed by atoms with Crippen LogP contribution in [0.15, 0.2) is 54.6 Å². The lowest BCUT2D eigenvalue weighted by Crippen LogP contribution is -2.42. The van der Waals surface area contributed by atoms with E-state index in [1.165, 1.54) is 5.56 Å². The fraction of sp³-hybridized carbons (Fsp3) is 0.440. The van der Waals surface area contributed by atoms with Gasteiger partial charge >= 0.3 is 6.09 Å². The molecular weight excluding hydrogens is 376 g/mol. The largest absolute Gasteiger partial charge is 0.444 e. The van der Waals surface area contributed by atoms with Crippen LogP contribution in [-0.2, 0) is 16.0 Å². The van der Waals surface area contributed by atoms with Crippen LogP contribution in [0.1, 0.15) is 51.2 Å². The Balaban J connectivity index is 1.51. The van der Waals surface area contributed by atoms with E-state index in [-0.39, 0.29) is 17.9 Å². The van der Waals surface area contributed by atoms with Crippen LogP contribution in [-0.4, -0.2) is 35.6 Å². The first kappa shape index (κ1) is 21.9. The highest BCUT2D eigenvalue weighted by molar-refractivity contribution is 5.91. The third-order valence-corrected chi connectivity index (χ3v) is 5.27. The number of rotatable bonds is 5. The number of carbonyl (C=O) groups excluding carboxylic acids is 2. The van der Waals surface area contributed by atoms with E-state index in [0.29, 0.717) is 19.5 Å². The van der Waals surface area contributed by atoms with Crippen molar-refractivity contribution in [3.8, 4) is 0 Å². The van der Waals surface area contributed by atoms with Crippen LogP contribution >= 0.6 is 0 Å². The van der Waals surface area contributed by atoms with Crippen molar-refractivity contribution in [1.29, 1.82) is 0 Å². The molecule has 3 rings (SSSR count). The van der Waals surface area contributed by atoms with Crippen LogP contribution in [0.25, 0.3) is 0 Å². The van der Waals surface area contributed by atoms with Gasteiger partial charge in [-0.2, -0.15) is 0 Å². The van der Waals surface area contributed by atoms with Gasteiger partial charge in [-0.1, -0.05) is 48.5 Å². The molecule has 1 fully saturated rings. The molecule has 0 radical (unpaired) electrons. The maximum Gasteiger partial charge on any atom is 0.410 e. The van der Waals surface area contributed by atoms with Crippen LogP contribution < -0.4 is 5.32 Å². The minimum Gasteiger partial charge on any atom is -0.444 e. The Bertz CT molecular complexity index is 850. The average molecular weight is 409 g/mol. The van der Waals surface area contributed by atoms with Gasteiger partial charge in [-0.15, -0.1) is 0 Å². The second-order valence-corrected chi connectivity index (χ2v) is 8.98. The molecule has 1 heterocycles. The standard InChI is InChI=1S/C25H32N2O3/c1-25(2,3)30-24(29)27-15-13-20(14-16-27)18-23(28)26-22-12-8-7-11-21(22)17-19-9-5-4-6-10-19/h4-12,20H,13-18H2,1-3H3,(H,26,28). The molecule has 5 heteroatoms. The van der Waals surface area contributed by atoms with Gasteiger partial charge in [0.05, 0.1) is 0 Å². The number of piperidine rings is 1. The summed E-state index contributed by atoms with van der Waals surface area (Å²) in [5.41, 5.74) is 2.71. The molecular formula is C25H32N2O3. The van der Waals surface area contributed by atoms with Crippen molar-refractivity contribution in [3.05, 3.63) is 65.7 Å². The Morgan fingerprint density at radius 1 is 1.00 bits per heavy atom. The van der Waals surface area contributed by atoms with Gasteiger partial charge in [-0.05, 0) is 63.1 Å². The predicted octanol–water partition coefficient (Wildman–Crippen LogP) is 5.25. The second kappa shape index (κ2) is 9.79. The van der Waals surface area contributed by atoms with Crippen LogP contribution in [0.2, 0.25) is 0 Å². The fourth-order valence-corrected chi connectivity index (χ4v) is 3.72. The number of carbonyl (C=O) groups is 2. The number of benzene rings is 2. The molecule has 1 N–H and O–H groups in total. The summed E-state index contributed by atoms with van der Waals surface area (Å²) < 4.78 is 5.44. The Morgan fingerprint density at radius 2 is 1.63 bits per heavy atom.